The van der Waals surface area contributed by atoms with E-state index in [0.717, 1.165) is 45.0 Å². The molecule has 0 saturated heterocycles. The first-order chi connectivity index (χ1) is 19.0. The molecule has 40 heavy (non-hydrogen) atoms. The van der Waals surface area contributed by atoms with Crippen molar-refractivity contribution in [2.24, 2.45) is 11.1 Å². The molecule has 0 bridgehead atoms. The van der Waals surface area contributed by atoms with Crippen LogP contribution < -0.4 is 15.4 Å². The number of para-hydroxylation sites is 1. The first kappa shape index (κ1) is 27.6. The monoisotopic (exact) mass is 551 g/mol. The molecule has 2 aliphatic rings. The lowest BCUT2D eigenvalue weighted by Gasteiger charge is -2.44. The second-order valence-corrected chi connectivity index (χ2v) is 12.1. The smallest absolute Gasteiger partial charge is 0.162 e. The van der Waals surface area contributed by atoms with Gasteiger partial charge in [-0.3, -0.25) is 9.69 Å². The Morgan fingerprint density at radius 3 is 2.45 bits per heavy atom. The zero-order valence-electron chi connectivity index (χ0n) is 23.6. The Balaban J connectivity index is 1.67. The first-order valence-electron chi connectivity index (χ1n) is 13.5. The summed E-state index contributed by atoms with van der Waals surface area (Å²) in [7, 11) is 0. The van der Waals surface area contributed by atoms with Crippen molar-refractivity contribution in [1.82, 2.24) is 0 Å². The van der Waals surface area contributed by atoms with Crippen molar-refractivity contribution in [3.63, 3.8) is 0 Å². The zero-order valence-corrected chi connectivity index (χ0v) is 24.4. The average Bonchev–Trinajstić information content (AvgIpc) is 2.89. The van der Waals surface area contributed by atoms with E-state index in [0.29, 0.717) is 41.4 Å². The lowest BCUT2D eigenvalue weighted by Crippen LogP contribution is -2.42. The van der Waals surface area contributed by atoms with Crippen molar-refractivity contribution < 1.29 is 9.53 Å². The van der Waals surface area contributed by atoms with Crippen LogP contribution >= 0.6 is 11.6 Å². The third-order valence-corrected chi connectivity index (χ3v) is 8.21. The van der Waals surface area contributed by atoms with Crippen molar-refractivity contribution in [2.45, 2.75) is 60.0 Å². The van der Waals surface area contributed by atoms with E-state index in [1.165, 1.54) is 0 Å². The number of rotatable bonds is 5. The van der Waals surface area contributed by atoms with Gasteiger partial charge in [0.1, 0.15) is 18.2 Å². The molecule has 0 saturated carbocycles. The van der Waals surface area contributed by atoms with Crippen molar-refractivity contribution in [2.75, 3.05) is 4.90 Å². The molecule has 0 radical (unpaired) electrons. The quantitative estimate of drug-likeness (QED) is 0.350. The van der Waals surface area contributed by atoms with Crippen LogP contribution in [0.15, 0.2) is 83.3 Å². The minimum atomic E-state index is -0.543. The predicted octanol–water partition coefficient (Wildman–Crippen LogP) is 7.79. The molecule has 2 N–H and O–H groups in total. The van der Waals surface area contributed by atoms with Crippen molar-refractivity contribution >= 4 is 23.1 Å². The molecule has 0 aromatic heterocycles. The second-order valence-electron chi connectivity index (χ2n) is 11.6. The second kappa shape index (κ2) is 10.5. The van der Waals surface area contributed by atoms with Gasteiger partial charge in [0, 0.05) is 22.7 Å². The number of carbonyl (C=O) groups is 1. The van der Waals surface area contributed by atoms with Gasteiger partial charge in [-0.25, -0.2) is 0 Å². The number of halogens is 1. The standard InChI is InChI=1S/C34H34ClN3O2/c1-20-14-23(19-40-25-12-10-24(35)11-13-25)22(3)26(15-20)31-27(18-36)33(37)38(28-9-7-6-8-21(28)2)29-16-34(4,5)17-30(39)32(29)31/h6-15,31H,16-17,19,37H2,1-5H3. The Labute approximate surface area is 241 Å². The summed E-state index contributed by atoms with van der Waals surface area (Å²) in [4.78, 5) is 15.9. The summed E-state index contributed by atoms with van der Waals surface area (Å²) in [6.07, 6.45) is 1.09. The third-order valence-electron chi connectivity index (χ3n) is 7.96. The Bertz CT molecular complexity index is 1610. The Hall–Kier alpha value is -4.01. The molecule has 0 fully saturated rings. The zero-order chi connectivity index (χ0) is 28.8. The van der Waals surface area contributed by atoms with Crippen LogP contribution in [0.2, 0.25) is 5.02 Å². The average molecular weight is 552 g/mol. The van der Waals surface area contributed by atoms with Gasteiger partial charge in [-0.2, -0.15) is 5.26 Å². The Morgan fingerprint density at radius 2 is 1.77 bits per heavy atom. The van der Waals surface area contributed by atoms with Gasteiger partial charge >= 0.3 is 0 Å². The van der Waals surface area contributed by atoms with Crippen LogP contribution in [0, 0.1) is 37.5 Å². The van der Waals surface area contributed by atoms with Crippen LogP contribution in [0.1, 0.15) is 60.4 Å². The van der Waals surface area contributed by atoms with Crippen LogP contribution in [0.4, 0.5) is 5.69 Å². The van der Waals surface area contributed by atoms with E-state index in [1.54, 1.807) is 12.1 Å². The normalized spacial score (nSPS) is 18.5. The largest absolute Gasteiger partial charge is 0.489 e. The molecule has 1 aliphatic heterocycles. The van der Waals surface area contributed by atoms with E-state index in [2.05, 4.69) is 32.0 Å². The summed E-state index contributed by atoms with van der Waals surface area (Å²) in [5.41, 5.74) is 14.4. The van der Waals surface area contributed by atoms with E-state index in [1.807, 2.05) is 62.1 Å². The van der Waals surface area contributed by atoms with Gasteiger partial charge in [-0.05, 0) is 85.2 Å². The molecule has 5 nitrogen and oxygen atoms in total. The number of ether oxygens (including phenoxy) is 1. The molecule has 0 spiro atoms. The van der Waals surface area contributed by atoms with Crippen LogP contribution in [0.5, 0.6) is 5.75 Å². The number of carbonyl (C=O) groups excluding carboxylic acids is 1. The minimum Gasteiger partial charge on any atom is -0.489 e. The number of hydrogen-bond acceptors (Lipinski definition) is 5. The lowest BCUT2D eigenvalue weighted by atomic mass is 9.67. The van der Waals surface area contributed by atoms with Gasteiger partial charge in [-0.1, -0.05) is 61.3 Å². The minimum absolute atomic E-state index is 0.0648. The van der Waals surface area contributed by atoms with Crippen molar-refractivity contribution in [1.29, 1.82) is 5.26 Å². The number of ketones is 1. The van der Waals surface area contributed by atoms with Crippen molar-refractivity contribution in [3.8, 4) is 11.8 Å². The third kappa shape index (κ3) is 5.00. The molecule has 1 atom stereocenters. The molecule has 5 rings (SSSR count). The molecular formula is C34H34ClN3O2. The van der Waals surface area contributed by atoms with Crippen molar-refractivity contribution in [3.05, 3.63) is 116 Å². The number of benzene rings is 3. The number of aryl methyl sites for hydroxylation is 2. The summed E-state index contributed by atoms with van der Waals surface area (Å²) in [6.45, 7) is 10.7. The molecule has 1 unspecified atom stereocenters. The summed E-state index contributed by atoms with van der Waals surface area (Å²) in [5, 5.41) is 11.2. The van der Waals surface area contributed by atoms with E-state index < -0.39 is 5.92 Å². The van der Waals surface area contributed by atoms with Crippen LogP contribution in [0.3, 0.4) is 0 Å². The van der Waals surface area contributed by atoms with E-state index in [4.69, 9.17) is 22.1 Å². The molecule has 0 amide bonds. The Morgan fingerprint density at radius 1 is 1.07 bits per heavy atom. The Kier molecular flexibility index (Phi) is 7.25. The highest BCUT2D eigenvalue weighted by Gasteiger charge is 2.45. The van der Waals surface area contributed by atoms with E-state index in [9.17, 15) is 10.1 Å². The van der Waals surface area contributed by atoms with Crippen LogP contribution in [-0.2, 0) is 11.4 Å². The summed E-state index contributed by atoms with van der Waals surface area (Å²) < 4.78 is 6.10. The lowest BCUT2D eigenvalue weighted by molar-refractivity contribution is -0.118. The highest BCUT2D eigenvalue weighted by molar-refractivity contribution is 6.30. The van der Waals surface area contributed by atoms with Gasteiger partial charge in [-0.15, -0.1) is 0 Å². The molecule has 3 aromatic carbocycles. The maximum absolute atomic E-state index is 14.0. The fourth-order valence-electron chi connectivity index (χ4n) is 6.01. The molecule has 6 heteroatoms. The highest BCUT2D eigenvalue weighted by atomic mass is 35.5. The number of Topliss-reactive ketones (excluding diaryl/α,β-unsaturated/α-hetero) is 1. The van der Waals surface area contributed by atoms with Gasteiger partial charge in [0.05, 0.1) is 23.2 Å². The van der Waals surface area contributed by atoms with Gasteiger partial charge in [0.15, 0.2) is 5.78 Å². The number of anilines is 1. The fraction of sp³-hybridized carbons (Fsp3) is 0.294. The van der Waals surface area contributed by atoms with E-state index in [-0.39, 0.29) is 11.2 Å². The molecule has 204 valence electrons. The van der Waals surface area contributed by atoms with Crippen LogP contribution in [-0.4, -0.2) is 5.78 Å². The number of nitriles is 1. The maximum atomic E-state index is 14.0. The molecule has 1 aliphatic carbocycles. The number of hydrogen-bond donors (Lipinski definition) is 1. The molecular weight excluding hydrogens is 518 g/mol. The maximum Gasteiger partial charge on any atom is 0.162 e. The topological polar surface area (TPSA) is 79.3 Å². The summed E-state index contributed by atoms with van der Waals surface area (Å²) >= 11 is 6.03. The molecule has 3 aromatic rings. The van der Waals surface area contributed by atoms with Gasteiger partial charge in [0.2, 0.25) is 0 Å². The first-order valence-corrected chi connectivity index (χ1v) is 13.9. The summed E-state index contributed by atoms with van der Waals surface area (Å²) in [6, 6.07) is 21.8. The number of nitrogens with zero attached hydrogens (tertiary/aromatic N) is 2. The summed E-state index contributed by atoms with van der Waals surface area (Å²) in [5.74, 6) is 0.619. The van der Waals surface area contributed by atoms with Crippen LogP contribution in [0.25, 0.3) is 0 Å². The highest BCUT2D eigenvalue weighted by Crippen LogP contribution is 2.51. The number of nitrogens with two attached hydrogens (primary N) is 1. The van der Waals surface area contributed by atoms with E-state index >= 15 is 0 Å². The SMILES string of the molecule is Cc1cc(COc2ccc(Cl)cc2)c(C)c(C2C(C#N)=C(N)N(c3ccccc3C)C3=C2C(=O)CC(C)(C)C3)c1. The van der Waals surface area contributed by atoms with Gasteiger partial charge in [0.25, 0.3) is 0 Å². The molecule has 1 heterocycles. The number of allylic oxidation sites excluding steroid dienone is 3. The predicted molar refractivity (Wildman–Crippen MR) is 160 cm³/mol. The fourth-order valence-corrected chi connectivity index (χ4v) is 6.14. The van der Waals surface area contributed by atoms with Gasteiger partial charge < -0.3 is 10.5 Å².